The van der Waals surface area contributed by atoms with E-state index in [0.29, 0.717) is 25.1 Å². The number of nitrogens with zero attached hydrogens (tertiary/aromatic N) is 3. The van der Waals surface area contributed by atoms with Gasteiger partial charge in [0.1, 0.15) is 5.82 Å². The molecule has 1 aromatic heterocycles. The van der Waals surface area contributed by atoms with Crippen molar-refractivity contribution in [2.75, 3.05) is 6.61 Å². The van der Waals surface area contributed by atoms with Gasteiger partial charge in [0.25, 0.3) is 0 Å². The molecular weight excluding hydrogens is 268 g/mol. The molecule has 2 atom stereocenters. The highest BCUT2D eigenvalue weighted by Gasteiger charge is 2.36. The molecule has 6 nitrogen and oxygen atoms in total. The first-order valence-corrected chi connectivity index (χ1v) is 8.07. The van der Waals surface area contributed by atoms with Crippen molar-refractivity contribution < 1.29 is 9.53 Å². The summed E-state index contributed by atoms with van der Waals surface area (Å²) in [5, 5.41) is 11.7. The van der Waals surface area contributed by atoms with Crippen molar-refractivity contribution in [1.29, 1.82) is 0 Å². The van der Waals surface area contributed by atoms with Crippen molar-refractivity contribution in [1.82, 2.24) is 20.1 Å². The summed E-state index contributed by atoms with van der Waals surface area (Å²) in [5.74, 6) is 2.72. The van der Waals surface area contributed by atoms with Gasteiger partial charge in [-0.1, -0.05) is 0 Å². The molecule has 6 heteroatoms. The smallest absolute Gasteiger partial charge is 0.226 e. The molecule has 4 rings (SSSR count). The monoisotopic (exact) mass is 290 g/mol. The molecular formula is C15H22N4O2. The van der Waals surface area contributed by atoms with E-state index >= 15 is 0 Å². The average Bonchev–Trinajstić information content (AvgIpc) is 3.40. The number of hydrogen-bond acceptors (Lipinski definition) is 4. The van der Waals surface area contributed by atoms with Crippen molar-refractivity contribution in [2.45, 2.75) is 63.6 Å². The topological polar surface area (TPSA) is 69.0 Å². The Hall–Kier alpha value is -1.43. The molecule has 0 unspecified atom stereocenters. The Morgan fingerprint density at radius 2 is 2.10 bits per heavy atom. The predicted molar refractivity (Wildman–Crippen MR) is 75.6 cm³/mol. The van der Waals surface area contributed by atoms with E-state index in [1.165, 1.54) is 25.7 Å². The third-order valence-electron chi connectivity index (χ3n) is 4.78. The number of hydrogen-bond donors (Lipinski definition) is 1. The molecule has 21 heavy (non-hydrogen) atoms. The number of carbonyl (C=O) groups excluding carboxylic acids is 1. The van der Waals surface area contributed by atoms with Gasteiger partial charge in [0.05, 0.1) is 18.6 Å². The first-order valence-electron chi connectivity index (χ1n) is 8.07. The van der Waals surface area contributed by atoms with Crippen LogP contribution in [-0.4, -0.2) is 33.4 Å². The van der Waals surface area contributed by atoms with Gasteiger partial charge >= 0.3 is 0 Å². The zero-order chi connectivity index (χ0) is 14.4. The van der Waals surface area contributed by atoms with Gasteiger partial charge < -0.3 is 14.6 Å². The largest absolute Gasteiger partial charge is 0.378 e. The molecule has 1 aliphatic heterocycles. The molecule has 0 bridgehead atoms. The lowest BCUT2D eigenvalue weighted by molar-refractivity contribution is -0.126. The molecule has 2 saturated carbocycles. The van der Waals surface area contributed by atoms with Gasteiger partial charge in [0.15, 0.2) is 5.82 Å². The van der Waals surface area contributed by atoms with Crippen LogP contribution in [0.15, 0.2) is 0 Å². The second-order valence-electron chi connectivity index (χ2n) is 6.54. The summed E-state index contributed by atoms with van der Waals surface area (Å²) in [7, 11) is 0. The van der Waals surface area contributed by atoms with E-state index in [4.69, 9.17) is 4.74 Å². The lowest BCUT2D eigenvalue weighted by Gasteiger charge is -2.14. The summed E-state index contributed by atoms with van der Waals surface area (Å²) in [6.07, 6.45) is 5.73. The van der Waals surface area contributed by atoms with Crippen molar-refractivity contribution in [2.24, 2.45) is 5.92 Å². The second kappa shape index (κ2) is 5.09. The van der Waals surface area contributed by atoms with Crippen LogP contribution >= 0.6 is 0 Å². The van der Waals surface area contributed by atoms with Crippen LogP contribution in [0.3, 0.4) is 0 Å². The summed E-state index contributed by atoms with van der Waals surface area (Å²) in [5.41, 5.74) is 0. The highest BCUT2D eigenvalue weighted by Crippen LogP contribution is 2.44. The van der Waals surface area contributed by atoms with Crippen molar-refractivity contribution in [3.05, 3.63) is 11.6 Å². The zero-order valence-electron chi connectivity index (χ0n) is 12.4. The fourth-order valence-corrected chi connectivity index (χ4v) is 3.18. The van der Waals surface area contributed by atoms with Crippen LogP contribution in [0.2, 0.25) is 0 Å². The van der Waals surface area contributed by atoms with Crippen molar-refractivity contribution in [3.63, 3.8) is 0 Å². The number of rotatable bonds is 5. The lowest BCUT2D eigenvalue weighted by atomic mass is 10.0. The van der Waals surface area contributed by atoms with Crippen LogP contribution < -0.4 is 5.32 Å². The van der Waals surface area contributed by atoms with Gasteiger partial charge in [-0.05, 0) is 39.0 Å². The summed E-state index contributed by atoms with van der Waals surface area (Å²) in [4.78, 5) is 12.2. The summed E-state index contributed by atoms with van der Waals surface area (Å²) in [6, 6.07) is 0.566. The molecule has 114 valence electrons. The van der Waals surface area contributed by atoms with Gasteiger partial charge in [-0.2, -0.15) is 0 Å². The molecule has 3 fully saturated rings. The van der Waals surface area contributed by atoms with E-state index in [2.05, 4.69) is 20.1 Å². The number of ether oxygens (including phenoxy) is 1. The Labute approximate surface area is 124 Å². The van der Waals surface area contributed by atoms with Crippen LogP contribution in [0, 0.1) is 5.92 Å². The molecule has 2 aliphatic carbocycles. The molecule has 1 N–H and O–H groups in total. The molecule has 0 radical (unpaired) electrons. The number of nitrogens with one attached hydrogen (secondary N) is 1. The van der Waals surface area contributed by atoms with Crippen LogP contribution in [0.25, 0.3) is 0 Å². The Kier molecular flexibility index (Phi) is 3.21. The molecule has 3 aliphatic rings. The van der Waals surface area contributed by atoms with Gasteiger partial charge in [0.2, 0.25) is 5.91 Å². The van der Waals surface area contributed by atoms with Gasteiger partial charge in [-0.15, -0.1) is 10.2 Å². The third kappa shape index (κ3) is 2.57. The summed E-state index contributed by atoms with van der Waals surface area (Å²) >= 11 is 0. The fourth-order valence-electron chi connectivity index (χ4n) is 3.18. The van der Waals surface area contributed by atoms with E-state index in [9.17, 15) is 4.79 Å². The zero-order valence-corrected chi connectivity index (χ0v) is 12.4. The van der Waals surface area contributed by atoms with Crippen molar-refractivity contribution >= 4 is 5.91 Å². The lowest BCUT2D eigenvalue weighted by Crippen LogP contribution is -2.34. The van der Waals surface area contributed by atoms with Crippen LogP contribution in [0.5, 0.6) is 0 Å². The Morgan fingerprint density at radius 1 is 1.29 bits per heavy atom. The van der Waals surface area contributed by atoms with E-state index < -0.39 is 0 Å². The predicted octanol–water partition coefficient (Wildman–Crippen LogP) is 1.53. The minimum atomic E-state index is -0.0230. The van der Waals surface area contributed by atoms with Gasteiger partial charge in [0, 0.05) is 18.6 Å². The molecule has 0 aromatic carbocycles. The standard InChI is InChI=1S/C15H22N4O2/c1-9-12(6-7-21-9)15(20)16-8-13-17-18-14(10-2-3-10)19(13)11-4-5-11/h9-12H,2-8H2,1H3,(H,16,20)/t9-,12-/m1/s1. The number of aromatic nitrogens is 3. The van der Waals surface area contributed by atoms with Crippen LogP contribution in [0.4, 0.5) is 0 Å². The SMILES string of the molecule is C[C@H]1OCC[C@H]1C(=O)NCc1nnc(C2CC2)n1C1CC1. The minimum absolute atomic E-state index is 0.0216. The van der Waals surface area contributed by atoms with Crippen LogP contribution in [-0.2, 0) is 16.1 Å². The van der Waals surface area contributed by atoms with Crippen molar-refractivity contribution in [3.8, 4) is 0 Å². The van der Waals surface area contributed by atoms with E-state index in [-0.39, 0.29) is 17.9 Å². The normalized spacial score (nSPS) is 28.8. The number of carbonyl (C=O) groups is 1. The minimum Gasteiger partial charge on any atom is -0.378 e. The quantitative estimate of drug-likeness (QED) is 0.893. The van der Waals surface area contributed by atoms with Gasteiger partial charge in [-0.3, -0.25) is 4.79 Å². The maximum atomic E-state index is 12.2. The maximum Gasteiger partial charge on any atom is 0.226 e. The molecule has 1 aromatic rings. The number of amides is 1. The molecule has 0 spiro atoms. The van der Waals surface area contributed by atoms with E-state index in [1.807, 2.05) is 6.92 Å². The fraction of sp³-hybridized carbons (Fsp3) is 0.800. The van der Waals surface area contributed by atoms with Gasteiger partial charge in [-0.25, -0.2) is 0 Å². The first kappa shape index (κ1) is 13.2. The Morgan fingerprint density at radius 3 is 2.71 bits per heavy atom. The summed E-state index contributed by atoms with van der Waals surface area (Å²) in [6.45, 7) is 3.14. The maximum absolute atomic E-state index is 12.2. The highest BCUT2D eigenvalue weighted by atomic mass is 16.5. The summed E-state index contributed by atoms with van der Waals surface area (Å²) < 4.78 is 7.74. The average molecular weight is 290 g/mol. The first-order chi connectivity index (χ1) is 10.2. The molecule has 1 saturated heterocycles. The van der Waals surface area contributed by atoms with E-state index in [0.717, 1.165) is 18.1 Å². The molecule has 2 heterocycles. The molecule has 1 amide bonds. The third-order valence-corrected chi connectivity index (χ3v) is 4.78. The van der Waals surface area contributed by atoms with Crippen LogP contribution in [0.1, 0.15) is 62.6 Å². The van der Waals surface area contributed by atoms with E-state index in [1.54, 1.807) is 0 Å². The highest BCUT2D eigenvalue weighted by molar-refractivity contribution is 5.79. The Balaban J connectivity index is 1.43. The second-order valence-corrected chi connectivity index (χ2v) is 6.54. The Bertz CT molecular complexity index is 548.